The highest BCUT2D eigenvalue weighted by Crippen LogP contribution is 1.90. The summed E-state index contributed by atoms with van der Waals surface area (Å²) in [5.41, 5.74) is 11.0. The highest BCUT2D eigenvalue weighted by Gasteiger charge is 1.91. The Morgan fingerprint density at radius 1 is 1.67 bits per heavy atom. The zero-order valence-electron chi connectivity index (χ0n) is 6.68. The predicted molar refractivity (Wildman–Crippen MR) is 46.6 cm³/mol. The fourth-order valence-electron chi connectivity index (χ4n) is 0.666. The van der Waals surface area contributed by atoms with Crippen LogP contribution in [0.3, 0.4) is 0 Å². The Hall–Kier alpha value is -1.85. The Balaban J connectivity index is 2.70. The van der Waals surface area contributed by atoms with Crippen LogP contribution in [0, 0.1) is 0 Å². The summed E-state index contributed by atoms with van der Waals surface area (Å²) in [4.78, 5) is 0. The Bertz CT molecular complexity index is 306. The fraction of sp³-hybridized carbons (Fsp3) is 0.167. The van der Waals surface area contributed by atoms with Crippen LogP contribution in [-0.4, -0.2) is 22.0 Å². The molecule has 1 rings (SSSR count). The van der Waals surface area contributed by atoms with E-state index in [1.54, 1.807) is 24.0 Å². The van der Waals surface area contributed by atoms with Crippen LogP contribution >= 0.6 is 0 Å². The van der Waals surface area contributed by atoms with Gasteiger partial charge in [0.1, 0.15) is 0 Å². The maximum Gasteiger partial charge on any atom is 0.211 e. The molecule has 1 aromatic heterocycles. The van der Waals surface area contributed by atoms with Gasteiger partial charge in [0.15, 0.2) is 0 Å². The van der Waals surface area contributed by atoms with Crippen LogP contribution in [0.15, 0.2) is 22.5 Å². The van der Waals surface area contributed by atoms with Gasteiger partial charge < -0.3 is 11.5 Å². The molecule has 0 amide bonds. The van der Waals surface area contributed by atoms with Gasteiger partial charge >= 0.3 is 0 Å². The van der Waals surface area contributed by atoms with Gasteiger partial charge in [-0.25, -0.2) is 0 Å². The first-order valence-electron chi connectivity index (χ1n) is 3.30. The van der Waals surface area contributed by atoms with Crippen molar-refractivity contribution >= 4 is 12.2 Å². The molecule has 4 N–H and O–H groups in total. The molecule has 0 radical (unpaired) electrons. The standard InChI is InChI=1S/C6H10N6/c1-12-5(2-3-10-12)4-9-11-6(7)8/h2-4H,1H3,(H4,7,8,11)/b9-4+. The summed E-state index contributed by atoms with van der Waals surface area (Å²) in [6, 6.07) is 1.80. The van der Waals surface area contributed by atoms with E-state index < -0.39 is 0 Å². The molecule has 0 saturated heterocycles. The first kappa shape index (κ1) is 8.25. The van der Waals surface area contributed by atoms with Crippen LogP contribution in [0.5, 0.6) is 0 Å². The van der Waals surface area contributed by atoms with E-state index >= 15 is 0 Å². The summed E-state index contributed by atoms with van der Waals surface area (Å²) in [7, 11) is 1.80. The summed E-state index contributed by atoms with van der Waals surface area (Å²) in [5, 5.41) is 11.0. The maximum absolute atomic E-state index is 5.06. The molecule has 0 saturated carbocycles. The molecule has 0 unspecified atom stereocenters. The third kappa shape index (κ3) is 2.08. The molecule has 0 atom stereocenters. The summed E-state index contributed by atoms with van der Waals surface area (Å²) >= 11 is 0. The third-order valence-corrected chi connectivity index (χ3v) is 1.22. The van der Waals surface area contributed by atoms with Gasteiger partial charge in [-0.1, -0.05) is 0 Å². The minimum absolute atomic E-state index is 0.0616. The molecule has 0 bridgehead atoms. The zero-order valence-corrected chi connectivity index (χ0v) is 6.68. The van der Waals surface area contributed by atoms with Crippen LogP contribution < -0.4 is 11.5 Å². The molecule has 6 nitrogen and oxygen atoms in total. The largest absolute Gasteiger partial charge is 0.369 e. The minimum atomic E-state index is -0.0616. The van der Waals surface area contributed by atoms with E-state index in [0.717, 1.165) is 5.69 Å². The van der Waals surface area contributed by atoms with E-state index in [0.29, 0.717) is 0 Å². The normalized spacial score (nSPS) is 10.4. The summed E-state index contributed by atoms with van der Waals surface area (Å²) in [5.74, 6) is -0.0616. The first-order chi connectivity index (χ1) is 5.70. The highest BCUT2D eigenvalue weighted by molar-refractivity contribution is 5.79. The van der Waals surface area contributed by atoms with Crippen LogP contribution in [-0.2, 0) is 7.05 Å². The molecule has 0 spiro atoms. The molecule has 12 heavy (non-hydrogen) atoms. The lowest BCUT2D eigenvalue weighted by atomic mass is 10.5. The molecular weight excluding hydrogens is 156 g/mol. The lowest BCUT2D eigenvalue weighted by Crippen LogP contribution is -2.21. The van der Waals surface area contributed by atoms with Gasteiger partial charge in [0, 0.05) is 13.2 Å². The van der Waals surface area contributed by atoms with Crippen LogP contribution in [0.1, 0.15) is 5.69 Å². The monoisotopic (exact) mass is 166 g/mol. The smallest absolute Gasteiger partial charge is 0.211 e. The SMILES string of the molecule is Cn1nccc1/C=N/N=C(N)N. The van der Waals surface area contributed by atoms with E-state index in [-0.39, 0.29) is 5.96 Å². The Labute approximate surface area is 69.6 Å². The van der Waals surface area contributed by atoms with Gasteiger partial charge in [-0.3, -0.25) is 4.68 Å². The van der Waals surface area contributed by atoms with Gasteiger partial charge in [0.25, 0.3) is 0 Å². The maximum atomic E-state index is 5.06. The van der Waals surface area contributed by atoms with Crippen LogP contribution in [0.2, 0.25) is 0 Å². The molecule has 0 fully saturated rings. The van der Waals surface area contributed by atoms with Crippen molar-refractivity contribution in [3.8, 4) is 0 Å². The number of hydrogen-bond donors (Lipinski definition) is 2. The average molecular weight is 166 g/mol. The molecular formula is C6H10N6. The number of rotatable bonds is 2. The van der Waals surface area contributed by atoms with Crippen molar-refractivity contribution in [2.24, 2.45) is 28.7 Å². The second-order valence-corrected chi connectivity index (χ2v) is 2.15. The van der Waals surface area contributed by atoms with Crippen molar-refractivity contribution in [3.63, 3.8) is 0 Å². The molecule has 0 aliphatic carbocycles. The van der Waals surface area contributed by atoms with E-state index in [4.69, 9.17) is 11.5 Å². The molecule has 0 aliphatic rings. The van der Waals surface area contributed by atoms with Gasteiger partial charge in [-0.15, -0.1) is 5.10 Å². The Morgan fingerprint density at radius 3 is 2.92 bits per heavy atom. The molecule has 0 aliphatic heterocycles. The van der Waals surface area contributed by atoms with E-state index in [1.165, 1.54) is 6.21 Å². The molecule has 1 aromatic rings. The minimum Gasteiger partial charge on any atom is -0.369 e. The van der Waals surface area contributed by atoms with Crippen LogP contribution in [0.4, 0.5) is 0 Å². The van der Waals surface area contributed by atoms with Crippen molar-refractivity contribution in [3.05, 3.63) is 18.0 Å². The van der Waals surface area contributed by atoms with Gasteiger partial charge in [-0.05, 0) is 6.07 Å². The summed E-state index contributed by atoms with van der Waals surface area (Å²) in [6.45, 7) is 0. The molecule has 0 aromatic carbocycles. The van der Waals surface area contributed by atoms with Crippen molar-refractivity contribution in [2.75, 3.05) is 0 Å². The van der Waals surface area contributed by atoms with Crippen molar-refractivity contribution in [1.29, 1.82) is 0 Å². The number of hydrogen-bond acceptors (Lipinski definition) is 3. The predicted octanol–water partition coefficient (Wildman–Crippen LogP) is -0.973. The second kappa shape index (κ2) is 3.51. The first-order valence-corrected chi connectivity index (χ1v) is 3.30. The number of aromatic nitrogens is 2. The average Bonchev–Trinajstić information content (AvgIpc) is 2.36. The van der Waals surface area contributed by atoms with Crippen molar-refractivity contribution in [2.45, 2.75) is 0 Å². The molecule has 6 heteroatoms. The van der Waals surface area contributed by atoms with Gasteiger partial charge in [-0.2, -0.15) is 10.2 Å². The van der Waals surface area contributed by atoms with Gasteiger partial charge in [0.2, 0.25) is 5.96 Å². The van der Waals surface area contributed by atoms with E-state index in [9.17, 15) is 0 Å². The van der Waals surface area contributed by atoms with E-state index in [1.807, 2.05) is 0 Å². The lowest BCUT2D eigenvalue weighted by Gasteiger charge is -1.90. The number of nitrogens with zero attached hydrogens (tertiary/aromatic N) is 4. The lowest BCUT2D eigenvalue weighted by molar-refractivity contribution is 0.761. The summed E-state index contributed by atoms with van der Waals surface area (Å²) < 4.78 is 1.66. The fourth-order valence-corrected chi connectivity index (χ4v) is 0.666. The number of nitrogens with two attached hydrogens (primary N) is 2. The van der Waals surface area contributed by atoms with Gasteiger partial charge in [0.05, 0.1) is 11.9 Å². The number of aryl methyl sites for hydroxylation is 1. The van der Waals surface area contributed by atoms with Crippen molar-refractivity contribution in [1.82, 2.24) is 9.78 Å². The van der Waals surface area contributed by atoms with E-state index in [2.05, 4.69) is 15.3 Å². The Morgan fingerprint density at radius 2 is 2.42 bits per heavy atom. The van der Waals surface area contributed by atoms with Crippen molar-refractivity contribution < 1.29 is 0 Å². The summed E-state index contributed by atoms with van der Waals surface area (Å²) in [6.07, 6.45) is 3.18. The third-order valence-electron chi connectivity index (χ3n) is 1.22. The Kier molecular flexibility index (Phi) is 2.42. The molecule has 64 valence electrons. The molecule has 1 heterocycles. The quantitative estimate of drug-likeness (QED) is 0.336. The van der Waals surface area contributed by atoms with Crippen LogP contribution in [0.25, 0.3) is 0 Å². The highest BCUT2D eigenvalue weighted by atomic mass is 15.3. The number of guanidine groups is 1. The zero-order chi connectivity index (χ0) is 8.97. The topological polar surface area (TPSA) is 94.6 Å². The second-order valence-electron chi connectivity index (χ2n) is 2.15.